The van der Waals surface area contributed by atoms with Gasteiger partial charge < -0.3 is 10.2 Å². The van der Waals surface area contributed by atoms with Crippen molar-refractivity contribution in [3.05, 3.63) is 34.3 Å². The van der Waals surface area contributed by atoms with Crippen molar-refractivity contribution in [3.8, 4) is 0 Å². The molecule has 0 heterocycles. The average Bonchev–Trinajstić information content (AvgIpc) is 3.01. The highest BCUT2D eigenvalue weighted by molar-refractivity contribution is 9.10. The van der Waals surface area contributed by atoms with Crippen LogP contribution in [0.1, 0.15) is 24.4 Å². The molecule has 2 rings (SSSR count). The summed E-state index contributed by atoms with van der Waals surface area (Å²) in [6.07, 6.45) is 2.69. The molecule has 3 heteroatoms. The third-order valence-corrected chi connectivity index (χ3v) is 3.53. The van der Waals surface area contributed by atoms with E-state index in [-0.39, 0.29) is 0 Å². The Morgan fingerprint density at radius 2 is 2.19 bits per heavy atom. The predicted octanol–water partition coefficient (Wildman–Crippen LogP) is 2.80. The Hall–Kier alpha value is -0.380. The molecule has 1 unspecified atom stereocenters. The van der Waals surface area contributed by atoms with Crippen molar-refractivity contribution >= 4 is 15.9 Å². The van der Waals surface area contributed by atoms with Crippen LogP contribution in [0.5, 0.6) is 0 Å². The molecule has 0 aliphatic heterocycles. The van der Waals surface area contributed by atoms with Gasteiger partial charge in [-0.25, -0.2) is 0 Å². The fraction of sp³-hybridized carbons (Fsp3) is 0.538. The Bertz CT molecular complexity index is 348. The second-order valence-corrected chi connectivity index (χ2v) is 5.63. The van der Waals surface area contributed by atoms with Gasteiger partial charge in [0.05, 0.1) is 0 Å². The summed E-state index contributed by atoms with van der Waals surface area (Å²) in [6, 6.07) is 9.81. The number of nitrogens with one attached hydrogen (secondary N) is 1. The van der Waals surface area contributed by atoms with Crippen LogP contribution in [0.25, 0.3) is 0 Å². The summed E-state index contributed by atoms with van der Waals surface area (Å²) in [5, 5.41) is 3.60. The lowest BCUT2D eigenvalue weighted by Crippen LogP contribution is -2.32. The van der Waals surface area contributed by atoms with Gasteiger partial charge in [-0.05, 0) is 44.6 Å². The minimum absolute atomic E-state index is 0.457. The fourth-order valence-corrected chi connectivity index (χ4v) is 2.30. The quantitative estimate of drug-likeness (QED) is 0.894. The lowest BCUT2D eigenvalue weighted by atomic mass is 10.1. The number of hydrogen-bond acceptors (Lipinski definition) is 2. The highest BCUT2D eigenvalue weighted by atomic mass is 79.9. The molecule has 1 aliphatic carbocycles. The maximum Gasteiger partial charge on any atom is 0.0467 e. The van der Waals surface area contributed by atoms with Crippen molar-refractivity contribution < 1.29 is 0 Å². The van der Waals surface area contributed by atoms with E-state index >= 15 is 0 Å². The maximum atomic E-state index is 3.60. The highest BCUT2D eigenvalue weighted by Gasteiger charge is 2.23. The normalized spacial score (nSPS) is 17.8. The van der Waals surface area contributed by atoms with Gasteiger partial charge in [0.2, 0.25) is 0 Å². The van der Waals surface area contributed by atoms with Gasteiger partial charge in [0, 0.05) is 23.1 Å². The van der Waals surface area contributed by atoms with E-state index in [9.17, 15) is 0 Å². The van der Waals surface area contributed by atoms with Crippen molar-refractivity contribution in [1.29, 1.82) is 0 Å². The molecule has 1 atom stereocenters. The molecule has 1 saturated carbocycles. The first-order valence-corrected chi connectivity index (χ1v) is 6.61. The topological polar surface area (TPSA) is 15.3 Å². The number of benzene rings is 1. The zero-order valence-corrected chi connectivity index (χ0v) is 11.5. The Morgan fingerprint density at radius 3 is 2.75 bits per heavy atom. The Balaban J connectivity index is 2.04. The number of halogens is 1. The van der Waals surface area contributed by atoms with Crippen molar-refractivity contribution in [2.75, 3.05) is 20.6 Å². The average molecular weight is 283 g/mol. The summed E-state index contributed by atoms with van der Waals surface area (Å²) in [5.74, 6) is 0. The second kappa shape index (κ2) is 5.30. The molecular weight excluding hydrogens is 264 g/mol. The molecule has 0 spiro atoms. The van der Waals surface area contributed by atoms with Crippen LogP contribution < -0.4 is 5.32 Å². The zero-order chi connectivity index (χ0) is 11.5. The Morgan fingerprint density at radius 1 is 1.44 bits per heavy atom. The van der Waals surface area contributed by atoms with Gasteiger partial charge in [-0.1, -0.05) is 28.1 Å². The van der Waals surface area contributed by atoms with E-state index in [2.05, 4.69) is 64.5 Å². The van der Waals surface area contributed by atoms with E-state index in [0.29, 0.717) is 6.04 Å². The molecule has 0 aromatic heterocycles. The van der Waals surface area contributed by atoms with Gasteiger partial charge in [0.1, 0.15) is 0 Å². The van der Waals surface area contributed by atoms with Gasteiger partial charge in [0.25, 0.3) is 0 Å². The van der Waals surface area contributed by atoms with Crippen LogP contribution in [0.3, 0.4) is 0 Å². The van der Waals surface area contributed by atoms with Crippen molar-refractivity contribution in [1.82, 2.24) is 10.2 Å². The largest absolute Gasteiger partial charge is 0.312 e. The van der Waals surface area contributed by atoms with Crippen LogP contribution in [0.4, 0.5) is 0 Å². The van der Waals surface area contributed by atoms with Gasteiger partial charge >= 0.3 is 0 Å². The molecule has 0 amide bonds. The maximum absolute atomic E-state index is 3.60. The summed E-state index contributed by atoms with van der Waals surface area (Å²) in [6.45, 7) is 1.04. The first-order chi connectivity index (χ1) is 7.66. The molecule has 16 heavy (non-hydrogen) atoms. The molecule has 0 saturated heterocycles. The van der Waals surface area contributed by atoms with Crippen LogP contribution in [0, 0.1) is 0 Å². The monoisotopic (exact) mass is 282 g/mol. The lowest BCUT2D eigenvalue weighted by Gasteiger charge is -2.25. The SMILES string of the molecule is CN(C)C(CNC1CC1)c1cccc(Br)c1. The number of nitrogens with zero attached hydrogens (tertiary/aromatic N) is 1. The van der Waals surface area contributed by atoms with Crippen molar-refractivity contribution in [2.45, 2.75) is 24.9 Å². The first-order valence-electron chi connectivity index (χ1n) is 5.82. The van der Waals surface area contributed by atoms with E-state index in [1.165, 1.54) is 18.4 Å². The predicted molar refractivity (Wildman–Crippen MR) is 71.6 cm³/mol. The molecule has 1 aromatic carbocycles. The molecule has 1 aromatic rings. The van der Waals surface area contributed by atoms with Crippen LogP contribution in [0.2, 0.25) is 0 Å². The molecule has 0 bridgehead atoms. The molecule has 88 valence electrons. The molecule has 1 fully saturated rings. The van der Waals surface area contributed by atoms with E-state index in [1.807, 2.05) is 0 Å². The van der Waals surface area contributed by atoms with Gasteiger partial charge in [-0.2, -0.15) is 0 Å². The summed E-state index contributed by atoms with van der Waals surface area (Å²) >= 11 is 3.53. The van der Waals surface area contributed by atoms with Gasteiger partial charge in [-0.15, -0.1) is 0 Å². The van der Waals surface area contributed by atoms with Crippen LogP contribution in [0.15, 0.2) is 28.7 Å². The molecule has 1 aliphatic rings. The Labute approximate surface area is 106 Å². The minimum Gasteiger partial charge on any atom is -0.312 e. The summed E-state index contributed by atoms with van der Waals surface area (Å²) in [7, 11) is 4.28. The van der Waals surface area contributed by atoms with Gasteiger partial charge in [0.15, 0.2) is 0 Å². The van der Waals surface area contributed by atoms with E-state index in [4.69, 9.17) is 0 Å². The number of hydrogen-bond donors (Lipinski definition) is 1. The highest BCUT2D eigenvalue weighted by Crippen LogP contribution is 2.24. The molecule has 1 N–H and O–H groups in total. The number of rotatable bonds is 5. The minimum atomic E-state index is 0.457. The van der Waals surface area contributed by atoms with E-state index in [1.54, 1.807) is 0 Å². The third kappa shape index (κ3) is 3.30. The summed E-state index contributed by atoms with van der Waals surface area (Å²) in [5.41, 5.74) is 1.37. The molecule has 0 radical (unpaired) electrons. The lowest BCUT2D eigenvalue weighted by molar-refractivity contribution is 0.288. The van der Waals surface area contributed by atoms with Crippen molar-refractivity contribution in [3.63, 3.8) is 0 Å². The summed E-state index contributed by atoms with van der Waals surface area (Å²) in [4.78, 5) is 2.27. The van der Waals surface area contributed by atoms with Crippen LogP contribution >= 0.6 is 15.9 Å². The number of likely N-dealkylation sites (N-methyl/N-ethyl adjacent to an activating group) is 1. The van der Waals surface area contributed by atoms with Crippen LogP contribution in [-0.2, 0) is 0 Å². The molecule has 2 nitrogen and oxygen atoms in total. The van der Waals surface area contributed by atoms with Gasteiger partial charge in [-0.3, -0.25) is 0 Å². The molecular formula is C13H19BrN2. The van der Waals surface area contributed by atoms with E-state index < -0.39 is 0 Å². The smallest absolute Gasteiger partial charge is 0.0467 e. The van der Waals surface area contributed by atoms with Crippen LogP contribution in [-0.4, -0.2) is 31.6 Å². The standard InChI is InChI=1S/C13H19BrN2/c1-16(2)13(9-15-12-6-7-12)10-4-3-5-11(14)8-10/h3-5,8,12-13,15H,6-7,9H2,1-2H3. The fourth-order valence-electron chi connectivity index (χ4n) is 1.88. The van der Waals surface area contributed by atoms with Crippen molar-refractivity contribution in [2.24, 2.45) is 0 Å². The third-order valence-electron chi connectivity index (χ3n) is 3.03. The summed E-state index contributed by atoms with van der Waals surface area (Å²) < 4.78 is 1.16. The first kappa shape index (κ1) is 12.1. The Kier molecular flexibility index (Phi) is 4.00. The zero-order valence-electron chi connectivity index (χ0n) is 9.91. The van der Waals surface area contributed by atoms with E-state index in [0.717, 1.165) is 17.1 Å². The second-order valence-electron chi connectivity index (χ2n) is 4.72.